The van der Waals surface area contributed by atoms with Crippen molar-refractivity contribution in [3.05, 3.63) is 180 Å². The average molecular weight is 841 g/mol. The molecule has 12 heteroatoms. The van der Waals surface area contributed by atoms with Crippen molar-refractivity contribution >= 4 is 33.1 Å². The summed E-state index contributed by atoms with van der Waals surface area (Å²) in [7, 11) is 0. The molecule has 6 nitrogen and oxygen atoms in total. The highest BCUT2D eigenvalue weighted by atomic mass is 19.4. The summed E-state index contributed by atoms with van der Waals surface area (Å²) in [5.41, 5.74) is 7.21. The van der Waals surface area contributed by atoms with E-state index in [0.717, 1.165) is 35.4 Å². The molecule has 0 saturated carbocycles. The third-order valence-electron chi connectivity index (χ3n) is 10.7. The van der Waals surface area contributed by atoms with Crippen LogP contribution in [-0.2, 0) is 12.4 Å². The summed E-state index contributed by atoms with van der Waals surface area (Å²) in [6.07, 6.45) is -9.21. The topological polar surface area (TPSA) is 77.3 Å². The number of fused-ring (bicyclic) bond motifs is 3. The Bertz CT molecular complexity index is 3220. The van der Waals surface area contributed by atoms with Gasteiger partial charge in [0.05, 0.1) is 78.4 Å². The first kappa shape index (κ1) is 39.3. The number of aryl methyl sites for hydroxylation is 1. The van der Waals surface area contributed by atoms with Gasteiger partial charge in [-0.05, 0) is 79.2 Å². The van der Waals surface area contributed by atoms with Crippen LogP contribution in [0.5, 0.6) is 0 Å². The van der Waals surface area contributed by atoms with Gasteiger partial charge in [0, 0.05) is 33.4 Å². The fourth-order valence-corrected chi connectivity index (χ4v) is 7.66. The van der Waals surface area contributed by atoms with Crippen LogP contribution in [0.1, 0.15) is 16.7 Å². The predicted molar refractivity (Wildman–Crippen MR) is 233 cm³/mol. The normalized spacial score (nSPS) is 12.0. The van der Waals surface area contributed by atoms with Crippen molar-refractivity contribution in [3.63, 3.8) is 0 Å². The zero-order valence-electron chi connectivity index (χ0n) is 33.0. The molecular formula is C51H30F6N6. The molecule has 0 atom stereocenters. The molecule has 10 aromatic rings. The molecule has 63 heavy (non-hydrogen) atoms. The monoisotopic (exact) mass is 840 g/mol. The van der Waals surface area contributed by atoms with E-state index in [1.165, 1.54) is 12.1 Å². The molecule has 3 heterocycles. The van der Waals surface area contributed by atoms with E-state index >= 15 is 0 Å². The highest BCUT2D eigenvalue weighted by Crippen LogP contribution is 2.42. The highest BCUT2D eigenvalue weighted by molar-refractivity contribution is 5.95. The van der Waals surface area contributed by atoms with E-state index in [4.69, 9.17) is 29.9 Å². The Morgan fingerprint density at radius 1 is 0.286 bits per heavy atom. The lowest BCUT2D eigenvalue weighted by molar-refractivity contribution is -0.138. The third-order valence-corrected chi connectivity index (χ3v) is 10.7. The molecule has 0 saturated heterocycles. The lowest BCUT2D eigenvalue weighted by Crippen LogP contribution is -2.06. The highest BCUT2D eigenvalue weighted by Gasteiger charge is 2.32. The largest absolute Gasteiger partial charge is 0.416 e. The standard InChI is InChI=1S/C51H30F6N6/c1-29-17-20-38-41(23-29)61-44(30-11-5-2-6-12-30)47(58-38)33-24-34(48-45(31-13-7-3-8-14-31)62-42-27-36(50(52,53)54)18-21-39(42)59-48)26-35(25-33)49-46(32-15-9-4-10-16-32)63-43-28-37(51(55,56)57)19-22-40(43)60-49/h2-28H,1H3. The van der Waals surface area contributed by atoms with Gasteiger partial charge in [-0.15, -0.1) is 0 Å². The van der Waals surface area contributed by atoms with Crippen molar-refractivity contribution in [2.75, 3.05) is 0 Å². The molecule has 10 rings (SSSR count). The average Bonchev–Trinajstić information content (AvgIpc) is 3.30. The summed E-state index contributed by atoms with van der Waals surface area (Å²) < 4.78 is 83.8. The van der Waals surface area contributed by atoms with E-state index in [1.807, 2.05) is 85.8 Å². The van der Waals surface area contributed by atoms with E-state index in [0.29, 0.717) is 73.0 Å². The molecule has 0 aliphatic carbocycles. The fourth-order valence-electron chi connectivity index (χ4n) is 7.66. The van der Waals surface area contributed by atoms with Crippen LogP contribution in [0.4, 0.5) is 26.3 Å². The number of hydrogen-bond acceptors (Lipinski definition) is 6. The zero-order chi connectivity index (χ0) is 43.5. The van der Waals surface area contributed by atoms with Gasteiger partial charge < -0.3 is 0 Å². The van der Waals surface area contributed by atoms with Gasteiger partial charge in [0.2, 0.25) is 0 Å². The number of aromatic nitrogens is 6. The minimum absolute atomic E-state index is 0.0517. The van der Waals surface area contributed by atoms with Gasteiger partial charge in [-0.25, -0.2) is 29.9 Å². The second kappa shape index (κ2) is 15.2. The first-order valence-corrected chi connectivity index (χ1v) is 19.7. The molecule has 3 aromatic heterocycles. The molecule has 0 radical (unpaired) electrons. The van der Waals surface area contributed by atoms with Crippen LogP contribution in [-0.4, -0.2) is 29.9 Å². The molecule has 7 aromatic carbocycles. The third kappa shape index (κ3) is 7.60. The molecule has 0 fully saturated rings. The van der Waals surface area contributed by atoms with E-state index in [2.05, 4.69) is 0 Å². The van der Waals surface area contributed by atoms with Crippen molar-refractivity contribution < 1.29 is 26.3 Å². The second-order valence-corrected chi connectivity index (χ2v) is 15.1. The zero-order valence-corrected chi connectivity index (χ0v) is 33.0. The SMILES string of the molecule is Cc1ccc2nc(-c3cc(-c4nc5ccc(C(F)(F)F)cc5nc4-c4ccccc4)cc(-c4nc5ccc(C(F)(F)F)cc5nc4-c4ccccc4)c3)c(-c3ccccc3)nc2c1. The maximum Gasteiger partial charge on any atom is 0.416 e. The van der Waals surface area contributed by atoms with E-state index in [9.17, 15) is 26.3 Å². The molecule has 306 valence electrons. The first-order chi connectivity index (χ1) is 30.4. The van der Waals surface area contributed by atoms with Crippen molar-refractivity contribution in [1.82, 2.24) is 29.9 Å². The van der Waals surface area contributed by atoms with Crippen LogP contribution in [0.2, 0.25) is 0 Å². The summed E-state index contributed by atoms with van der Waals surface area (Å²) in [6.45, 7) is 1.98. The lowest BCUT2D eigenvalue weighted by Gasteiger charge is -2.17. The molecule has 0 spiro atoms. The van der Waals surface area contributed by atoms with Gasteiger partial charge >= 0.3 is 12.4 Å². The number of benzene rings is 7. The van der Waals surface area contributed by atoms with Gasteiger partial charge in [0.25, 0.3) is 0 Å². The summed E-state index contributed by atoms with van der Waals surface area (Å²) in [5, 5.41) is 0. The first-order valence-electron chi connectivity index (χ1n) is 19.7. The van der Waals surface area contributed by atoms with Crippen molar-refractivity contribution in [2.45, 2.75) is 19.3 Å². The summed E-state index contributed by atoms with van der Waals surface area (Å²) >= 11 is 0. The lowest BCUT2D eigenvalue weighted by atomic mass is 9.93. The Morgan fingerprint density at radius 2 is 0.571 bits per heavy atom. The number of halogens is 6. The minimum Gasteiger partial charge on any atom is -0.244 e. The van der Waals surface area contributed by atoms with E-state index in [-0.39, 0.29) is 22.1 Å². The quantitative estimate of drug-likeness (QED) is 0.155. The van der Waals surface area contributed by atoms with Crippen LogP contribution in [0.15, 0.2) is 164 Å². The summed E-state index contributed by atoms with van der Waals surface area (Å²) in [5.74, 6) is 0. The van der Waals surface area contributed by atoms with Gasteiger partial charge in [-0.2, -0.15) is 26.3 Å². The van der Waals surface area contributed by atoms with Crippen molar-refractivity contribution in [3.8, 4) is 67.5 Å². The molecule has 0 bridgehead atoms. The number of rotatable bonds is 6. The number of alkyl halides is 6. The Balaban J connectivity index is 1.31. The molecule has 0 N–H and O–H groups in total. The van der Waals surface area contributed by atoms with Crippen molar-refractivity contribution in [2.24, 2.45) is 0 Å². The number of hydrogen-bond donors (Lipinski definition) is 0. The predicted octanol–water partition coefficient (Wildman–Crippen LogP) is 13.9. The molecule has 0 aliphatic rings. The molecule has 0 amide bonds. The van der Waals surface area contributed by atoms with Crippen molar-refractivity contribution in [1.29, 1.82) is 0 Å². The maximum atomic E-state index is 14.0. The van der Waals surface area contributed by atoms with Gasteiger partial charge in [0.1, 0.15) is 0 Å². The number of nitrogens with zero attached hydrogens (tertiary/aromatic N) is 6. The second-order valence-electron chi connectivity index (χ2n) is 15.1. The summed E-state index contributed by atoms with van der Waals surface area (Å²) in [4.78, 5) is 30.1. The molecule has 0 aliphatic heterocycles. The van der Waals surface area contributed by atoms with Crippen LogP contribution in [0.3, 0.4) is 0 Å². The van der Waals surface area contributed by atoms with Crippen LogP contribution < -0.4 is 0 Å². The summed E-state index contributed by atoms with van der Waals surface area (Å²) in [6, 6.07) is 45.6. The Labute approximate surface area is 355 Å². The van der Waals surface area contributed by atoms with E-state index in [1.54, 1.807) is 48.5 Å². The smallest absolute Gasteiger partial charge is 0.244 e. The fraction of sp³-hybridized carbons (Fsp3) is 0.0588. The van der Waals surface area contributed by atoms with Crippen LogP contribution in [0, 0.1) is 6.92 Å². The maximum absolute atomic E-state index is 14.0. The minimum atomic E-state index is -4.60. The Morgan fingerprint density at radius 3 is 0.905 bits per heavy atom. The van der Waals surface area contributed by atoms with Crippen LogP contribution >= 0.6 is 0 Å². The molecular weight excluding hydrogens is 811 g/mol. The Kier molecular flexibility index (Phi) is 9.51. The van der Waals surface area contributed by atoms with Gasteiger partial charge in [-0.3, -0.25) is 0 Å². The van der Waals surface area contributed by atoms with Gasteiger partial charge in [0.15, 0.2) is 0 Å². The molecule has 0 unspecified atom stereocenters. The Hall–Kier alpha value is -7.86. The van der Waals surface area contributed by atoms with Gasteiger partial charge in [-0.1, -0.05) is 97.1 Å². The van der Waals surface area contributed by atoms with Crippen LogP contribution in [0.25, 0.3) is 101 Å². The van der Waals surface area contributed by atoms with E-state index < -0.39 is 23.5 Å².